The predicted octanol–water partition coefficient (Wildman–Crippen LogP) is 4.25. The molecule has 1 unspecified atom stereocenters. The summed E-state index contributed by atoms with van der Waals surface area (Å²) in [7, 11) is 1.89. The number of fused-ring (bicyclic) bond motifs is 2. The Morgan fingerprint density at radius 2 is 2.05 bits per heavy atom. The average molecular weight is 561 g/mol. The van der Waals surface area contributed by atoms with Crippen molar-refractivity contribution < 1.29 is 4.21 Å². The number of nitrogens with one attached hydrogen (secondary N) is 1. The van der Waals surface area contributed by atoms with Gasteiger partial charge in [0, 0.05) is 40.2 Å². The van der Waals surface area contributed by atoms with E-state index in [0.717, 1.165) is 31.4 Å². The van der Waals surface area contributed by atoms with Gasteiger partial charge in [-0.1, -0.05) is 19.1 Å². The monoisotopic (exact) mass is 560 g/mol. The van der Waals surface area contributed by atoms with E-state index in [1.165, 1.54) is 21.4 Å². The highest BCUT2D eigenvalue weighted by Crippen LogP contribution is 2.31. The third-order valence-corrected chi connectivity index (χ3v) is 7.84. The number of likely N-dealkylation sites (N-methyl/N-ethyl adjacent to an activating group) is 1. The van der Waals surface area contributed by atoms with E-state index in [2.05, 4.69) is 64.3 Å². The van der Waals surface area contributed by atoms with E-state index in [1.54, 1.807) is 47.7 Å². The Balaban J connectivity index is 1.59. The van der Waals surface area contributed by atoms with Crippen LogP contribution in [-0.4, -0.2) is 66.1 Å². The van der Waals surface area contributed by atoms with E-state index < -0.39 is 9.73 Å². The van der Waals surface area contributed by atoms with Crippen LogP contribution in [0.15, 0.2) is 58.3 Å². The highest BCUT2D eigenvalue weighted by atomic mass is 32.2. The summed E-state index contributed by atoms with van der Waals surface area (Å²) in [6.45, 7) is 6.24. The summed E-state index contributed by atoms with van der Waals surface area (Å²) in [5.41, 5.74) is 5.22. The van der Waals surface area contributed by atoms with Crippen molar-refractivity contribution in [2.24, 2.45) is 4.36 Å². The zero-order valence-electron chi connectivity index (χ0n) is 23.7. The highest BCUT2D eigenvalue weighted by Gasteiger charge is 2.23. The van der Waals surface area contributed by atoms with Gasteiger partial charge in [-0.25, -0.2) is 23.5 Å². The van der Waals surface area contributed by atoms with Crippen molar-refractivity contribution in [1.29, 1.82) is 0 Å². The first-order valence-electron chi connectivity index (χ1n) is 13.4. The minimum Gasteiger partial charge on any atom is -0.324 e. The van der Waals surface area contributed by atoms with Gasteiger partial charge >= 0.3 is 0 Å². The number of hydrogen-bond acceptors (Lipinski definition) is 8. The van der Waals surface area contributed by atoms with Gasteiger partial charge in [-0.3, -0.25) is 4.79 Å². The summed E-state index contributed by atoms with van der Waals surface area (Å²) in [6.07, 6.45) is 10.4. The molecule has 40 heavy (non-hydrogen) atoms. The van der Waals surface area contributed by atoms with E-state index in [9.17, 15) is 9.00 Å². The number of allylic oxidation sites excluding steroid dienone is 1. The highest BCUT2D eigenvalue weighted by molar-refractivity contribution is 7.92. The number of rotatable bonds is 8. The molecule has 0 fully saturated rings. The molecular weight excluding hydrogens is 524 g/mol. The lowest BCUT2D eigenvalue weighted by Crippen LogP contribution is -2.34. The Bertz CT molecular complexity index is 1750. The van der Waals surface area contributed by atoms with Gasteiger partial charge < -0.3 is 10.2 Å². The van der Waals surface area contributed by atoms with Gasteiger partial charge in [0.25, 0.3) is 5.56 Å². The van der Waals surface area contributed by atoms with E-state index in [1.807, 2.05) is 0 Å². The van der Waals surface area contributed by atoms with Crippen LogP contribution in [0.4, 0.5) is 17.5 Å². The first kappa shape index (κ1) is 27.7. The molecule has 0 aliphatic heterocycles. The third kappa shape index (κ3) is 5.57. The fourth-order valence-electron chi connectivity index (χ4n) is 5.31. The Hall–Kier alpha value is -3.83. The Morgan fingerprint density at radius 3 is 2.75 bits per heavy atom. The van der Waals surface area contributed by atoms with Crippen molar-refractivity contribution in [3.63, 3.8) is 0 Å². The zero-order valence-corrected chi connectivity index (χ0v) is 24.5. The maximum absolute atomic E-state index is 13.3. The van der Waals surface area contributed by atoms with Crippen LogP contribution in [0.1, 0.15) is 30.0 Å². The lowest BCUT2D eigenvalue weighted by molar-refractivity contribution is 0.267. The third-order valence-electron chi connectivity index (χ3n) is 7.22. The lowest BCUT2D eigenvalue weighted by atomic mass is 9.84. The topological polar surface area (TPSA) is 110 Å². The molecule has 3 heterocycles. The standard InChI is InChI=1S/C29H36N8O2S/c1-7-14-36-28(38)24-18-30-29(33-27(24)37(36)26-11-9-10-25(32-26)34-40(5,6)39)31-21-15-19(8-2)23-17-22(35(3)4)13-12-20(23)16-21/h7,9-11,15-16,18,22H,1,8,12-14,17H2,2-6H3,(H,30,31,33). The smallest absolute Gasteiger partial charge is 0.278 e. The van der Waals surface area contributed by atoms with Crippen LogP contribution < -0.4 is 10.9 Å². The van der Waals surface area contributed by atoms with Crippen molar-refractivity contribution in [2.45, 2.75) is 45.2 Å². The van der Waals surface area contributed by atoms with Crippen LogP contribution in [0.5, 0.6) is 0 Å². The molecule has 3 aromatic heterocycles. The van der Waals surface area contributed by atoms with Gasteiger partial charge in [0.1, 0.15) is 5.39 Å². The zero-order chi connectivity index (χ0) is 28.6. The maximum atomic E-state index is 13.3. The fraction of sp³-hybridized carbons (Fsp3) is 0.379. The number of pyridine rings is 1. The number of aromatic nitrogens is 5. The van der Waals surface area contributed by atoms with Crippen LogP contribution in [0, 0.1) is 0 Å². The second-order valence-corrected chi connectivity index (χ2v) is 13.2. The molecule has 1 N–H and O–H groups in total. The van der Waals surface area contributed by atoms with Crippen LogP contribution in [0.3, 0.4) is 0 Å². The van der Waals surface area contributed by atoms with Crippen molar-refractivity contribution in [2.75, 3.05) is 31.9 Å². The summed E-state index contributed by atoms with van der Waals surface area (Å²) in [6, 6.07) is 10.1. The Labute approximate surface area is 235 Å². The minimum absolute atomic E-state index is 0.248. The molecule has 1 aliphatic rings. The van der Waals surface area contributed by atoms with E-state index in [-0.39, 0.29) is 12.1 Å². The first-order chi connectivity index (χ1) is 19.1. The molecule has 0 saturated heterocycles. The summed E-state index contributed by atoms with van der Waals surface area (Å²) >= 11 is 0. The second-order valence-electron chi connectivity index (χ2n) is 10.7. The van der Waals surface area contributed by atoms with Gasteiger partial charge in [0.05, 0.1) is 6.54 Å². The molecule has 0 spiro atoms. The largest absolute Gasteiger partial charge is 0.324 e. The molecule has 1 atom stereocenters. The van der Waals surface area contributed by atoms with E-state index in [0.29, 0.717) is 34.7 Å². The molecule has 5 rings (SSSR count). The fourth-order valence-corrected chi connectivity index (χ4v) is 5.87. The molecule has 10 nitrogen and oxygen atoms in total. The minimum atomic E-state index is -2.41. The van der Waals surface area contributed by atoms with Gasteiger partial charge in [0.2, 0.25) is 5.95 Å². The number of benzene rings is 1. The molecule has 1 aliphatic carbocycles. The maximum Gasteiger partial charge on any atom is 0.278 e. The van der Waals surface area contributed by atoms with Crippen LogP contribution >= 0.6 is 0 Å². The quantitative estimate of drug-likeness (QED) is 0.321. The molecule has 0 amide bonds. The average Bonchev–Trinajstić information content (AvgIpc) is 3.17. The second kappa shape index (κ2) is 11.0. The van der Waals surface area contributed by atoms with E-state index >= 15 is 0 Å². The Kier molecular flexibility index (Phi) is 7.61. The number of hydrogen-bond donors (Lipinski definition) is 1. The van der Waals surface area contributed by atoms with Crippen LogP contribution in [-0.2, 0) is 35.5 Å². The molecule has 4 aromatic rings. The van der Waals surface area contributed by atoms with Crippen molar-refractivity contribution >= 4 is 38.2 Å². The van der Waals surface area contributed by atoms with Gasteiger partial charge in [0.15, 0.2) is 17.3 Å². The Morgan fingerprint density at radius 1 is 1.25 bits per heavy atom. The summed E-state index contributed by atoms with van der Waals surface area (Å²) in [5, 5.41) is 3.74. The molecule has 11 heteroatoms. The molecule has 210 valence electrons. The molecule has 0 bridgehead atoms. The van der Waals surface area contributed by atoms with Gasteiger partial charge in [-0.05, 0) is 80.7 Å². The first-order valence-corrected chi connectivity index (χ1v) is 15.7. The number of nitrogens with zero attached hydrogens (tertiary/aromatic N) is 7. The number of aryl methyl sites for hydroxylation is 2. The van der Waals surface area contributed by atoms with Crippen molar-refractivity contribution in [3.8, 4) is 5.82 Å². The summed E-state index contributed by atoms with van der Waals surface area (Å²) in [5.74, 6) is 1.13. The van der Waals surface area contributed by atoms with Gasteiger partial charge in [-0.15, -0.1) is 6.58 Å². The van der Waals surface area contributed by atoms with Crippen molar-refractivity contribution in [1.82, 2.24) is 29.2 Å². The summed E-state index contributed by atoms with van der Waals surface area (Å²) in [4.78, 5) is 29.5. The summed E-state index contributed by atoms with van der Waals surface area (Å²) < 4.78 is 19.7. The molecular formula is C29H36N8O2S. The molecule has 0 saturated carbocycles. The molecule has 0 radical (unpaired) electrons. The van der Waals surface area contributed by atoms with Gasteiger partial charge in [-0.2, -0.15) is 9.35 Å². The lowest BCUT2D eigenvalue weighted by Gasteiger charge is -2.31. The van der Waals surface area contributed by atoms with Crippen LogP contribution in [0.25, 0.3) is 16.9 Å². The van der Waals surface area contributed by atoms with E-state index in [4.69, 9.17) is 4.98 Å². The number of anilines is 2. The SMILES string of the molecule is C=CCn1c(=O)c2cnc(Nc3cc(CC)c4c(c3)CCC(N(C)C)C4)nc2n1-c1cccc(N=S(C)(C)=O)n1. The van der Waals surface area contributed by atoms with Crippen LogP contribution in [0.2, 0.25) is 0 Å². The predicted molar refractivity (Wildman–Crippen MR) is 162 cm³/mol. The normalized spacial score (nSPS) is 15.3. The molecule has 1 aromatic carbocycles. The van der Waals surface area contributed by atoms with Crippen molar-refractivity contribution in [3.05, 3.63) is 76.2 Å².